The molecule has 0 spiro atoms. The summed E-state index contributed by atoms with van der Waals surface area (Å²) >= 11 is 0. The molecule has 1 aromatic heterocycles. The third-order valence-electron chi connectivity index (χ3n) is 4.71. The van der Waals surface area contributed by atoms with Crippen molar-refractivity contribution < 1.29 is 0 Å². The summed E-state index contributed by atoms with van der Waals surface area (Å²) in [5, 5.41) is 23.5. The zero-order chi connectivity index (χ0) is 19.2. The monoisotopic (exact) mass is 371 g/mol. The Morgan fingerprint density at radius 3 is 2.50 bits per heavy atom. The fraction of sp³-hybridized carbons (Fsp3) is 0.238. The van der Waals surface area contributed by atoms with E-state index < -0.39 is 0 Å². The molecule has 140 valence electrons. The molecule has 3 aromatic rings. The summed E-state index contributed by atoms with van der Waals surface area (Å²) < 4.78 is 0. The van der Waals surface area contributed by atoms with Gasteiger partial charge in [-0.25, -0.2) is 0 Å². The highest BCUT2D eigenvalue weighted by Gasteiger charge is 2.11. The smallest absolute Gasteiger partial charge is 0.249 e. The normalized spacial score (nSPS) is 13.6. The van der Waals surface area contributed by atoms with Gasteiger partial charge >= 0.3 is 0 Å². The number of piperidine rings is 1. The van der Waals surface area contributed by atoms with Gasteiger partial charge in [-0.15, -0.1) is 5.10 Å². The number of aromatic nitrogens is 3. The lowest BCUT2D eigenvalue weighted by Gasteiger charge is -2.28. The maximum atomic E-state index is 9.21. The second-order valence-electron chi connectivity index (χ2n) is 6.67. The summed E-state index contributed by atoms with van der Waals surface area (Å²) in [6.07, 6.45) is 5.37. The third-order valence-corrected chi connectivity index (χ3v) is 4.71. The zero-order valence-electron chi connectivity index (χ0n) is 15.5. The molecule has 0 saturated carbocycles. The number of hydrogen-bond acceptors (Lipinski definition) is 7. The summed E-state index contributed by atoms with van der Waals surface area (Å²) in [6, 6.07) is 17.7. The predicted molar refractivity (Wildman–Crippen MR) is 110 cm³/mol. The average Bonchev–Trinajstić information content (AvgIpc) is 2.76. The van der Waals surface area contributed by atoms with Gasteiger partial charge in [0.1, 0.15) is 6.07 Å². The molecule has 7 nitrogen and oxygen atoms in total. The van der Waals surface area contributed by atoms with Crippen LogP contribution in [0.5, 0.6) is 0 Å². The van der Waals surface area contributed by atoms with Crippen LogP contribution in [-0.2, 0) is 0 Å². The van der Waals surface area contributed by atoms with E-state index in [9.17, 15) is 5.26 Å². The molecule has 1 aliphatic heterocycles. The first-order valence-corrected chi connectivity index (χ1v) is 9.40. The number of para-hydroxylation sites is 1. The number of nitriles is 1. The number of nitrogens with zero attached hydrogens (tertiary/aromatic N) is 5. The second kappa shape index (κ2) is 8.35. The topological polar surface area (TPSA) is 89.8 Å². The molecule has 1 fully saturated rings. The van der Waals surface area contributed by atoms with Gasteiger partial charge in [-0.3, -0.25) is 0 Å². The van der Waals surface area contributed by atoms with Crippen molar-refractivity contribution in [3.63, 3.8) is 0 Å². The van der Waals surface area contributed by atoms with Crippen LogP contribution in [0.1, 0.15) is 24.8 Å². The van der Waals surface area contributed by atoms with E-state index in [1.807, 2.05) is 30.3 Å². The van der Waals surface area contributed by atoms with Gasteiger partial charge in [0, 0.05) is 24.5 Å². The highest BCUT2D eigenvalue weighted by atomic mass is 15.3. The van der Waals surface area contributed by atoms with Gasteiger partial charge in [-0.2, -0.15) is 15.3 Å². The van der Waals surface area contributed by atoms with Crippen LogP contribution in [0.25, 0.3) is 0 Å². The van der Waals surface area contributed by atoms with Crippen molar-refractivity contribution in [2.75, 3.05) is 28.6 Å². The highest BCUT2D eigenvalue weighted by molar-refractivity contribution is 5.65. The summed E-state index contributed by atoms with van der Waals surface area (Å²) in [5.74, 6) is 0.912. The van der Waals surface area contributed by atoms with Crippen molar-refractivity contribution in [3.8, 4) is 6.07 Å². The Hall–Kier alpha value is -3.66. The van der Waals surface area contributed by atoms with Gasteiger partial charge in [-0.1, -0.05) is 12.1 Å². The fourth-order valence-electron chi connectivity index (χ4n) is 3.28. The lowest BCUT2D eigenvalue weighted by Crippen LogP contribution is -2.29. The van der Waals surface area contributed by atoms with E-state index in [1.54, 1.807) is 6.07 Å². The maximum absolute atomic E-state index is 9.21. The van der Waals surface area contributed by atoms with Gasteiger partial charge in [0.2, 0.25) is 5.95 Å². The Bertz CT molecular complexity index is 973. The molecular weight excluding hydrogens is 350 g/mol. The summed E-state index contributed by atoms with van der Waals surface area (Å²) in [4.78, 5) is 6.85. The molecule has 28 heavy (non-hydrogen) atoms. The average molecular weight is 371 g/mol. The zero-order valence-corrected chi connectivity index (χ0v) is 15.5. The molecule has 2 N–H and O–H groups in total. The number of anilines is 5. The molecule has 0 atom stereocenters. The minimum Gasteiger partial charge on any atom is -0.372 e. The Morgan fingerprint density at radius 1 is 0.929 bits per heavy atom. The predicted octanol–water partition coefficient (Wildman–Crippen LogP) is 4.22. The van der Waals surface area contributed by atoms with Gasteiger partial charge < -0.3 is 15.5 Å². The molecule has 1 saturated heterocycles. The van der Waals surface area contributed by atoms with Crippen LogP contribution in [0.3, 0.4) is 0 Å². The number of nitrogens with one attached hydrogen (secondary N) is 2. The van der Waals surface area contributed by atoms with Crippen LogP contribution in [0, 0.1) is 11.3 Å². The first-order valence-electron chi connectivity index (χ1n) is 9.40. The minimum atomic E-state index is 0.394. The molecule has 2 heterocycles. The van der Waals surface area contributed by atoms with Crippen LogP contribution in [0.2, 0.25) is 0 Å². The molecular formula is C21H21N7. The first-order chi connectivity index (χ1) is 13.8. The highest BCUT2D eigenvalue weighted by Crippen LogP contribution is 2.23. The van der Waals surface area contributed by atoms with E-state index in [0.29, 0.717) is 23.0 Å². The van der Waals surface area contributed by atoms with Crippen LogP contribution < -0.4 is 15.5 Å². The van der Waals surface area contributed by atoms with Crippen molar-refractivity contribution in [1.82, 2.24) is 15.2 Å². The maximum Gasteiger partial charge on any atom is 0.249 e. The van der Waals surface area contributed by atoms with Gasteiger partial charge in [-0.05, 0) is 55.7 Å². The molecule has 0 unspecified atom stereocenters. The Morgan fingerprint density at radius 2 is 1.71 bits per heavy atom. The van der Waals surface area contributed by atoms with Crippen molar-refractivity contribution in [2.45, 2.75) is 19.3 Å². The standard InChI is InChI=1S/C21H21N7/c22-14-16-6-2-3-7-19(16)25-20-15-23-27-21(26-20)24-17-8-10-18(11-9-17)28-12-4-1-5-13-28/h2-3,6-11,15H,1,4-5,12-13H2,(H2,24,25,26,27). The van der Waals surface area contributed by atoms with E-state index in [4.69, 9.17) is 0 Å². The van der Waals surface area contributed by atoms with E-state index in [1.165, 1.54) is 31.1 Å². The molecule has 4 rings (SSSR count). The lowest BCUT2D eigenvalue weighted by atomic mass is 10.1. The quantitative estimate of drug-likeness (QED) is 0.694. The largest absolute Gasteiger partial charge is 0.372 e. The number of hydrogen-bond donors (Lipinski definition) is 2. The van der Waals surface area contributed by atoms with Crippen LogP contribution in [-0.4, -0.2) is 28.3 Å². The fourth-order valence-corrected chi connectivity index (χ4v) is 3.28. The number of benzene rings is 2. The van der Waals surface area contributed by atoms with Gasteiger partial charge in [0.05, 0.1) is 17.4 Å². The van der Waals surface area contributed by atoms with Crippen LogP contribution in [0.4, 0.5) is 28.8 Å². The van der Waals surface area contributed by atoms with Crippen molar-refractivity contribution in [3.05, 3.63) is 60.3 Å². The second-order valence-corrected chi connectivity index (χ2v) is 6.67. The summed E-state index contributed by atoms with van der Waals surface area (Å²) in [6.45, 7) is 2.25. The third kappa shape index (κ3) is 4.18. The summed E-state index contributed by atoms with van der Waals surface area (Å²) in [7, 11) is 0. The molecule has 0 amide bonds. The van der Waals surface area contributed by atoms with Crippen molar-refractivity contribution in [1.29, 1.82) is 5.26 Å². The van der Waals surface area contributed by atoms with Gasteiger partial charge in [0.25, 0.3) is 0 Å². The molecule has 0 bridgehead atoms. The summed E-state index contributed by atoms with van der Waals surface area (Å²) in [5.41, 5.74) is 3.37. The molecule has 7 heteroatoms. The van der Waals surface area contributed by atoms with Gasteiger partial charge in [0.15, 0.2) is 5.82 Å². The number of rotatable bonds is 5. The SMILES string of the molecule is N#Cc1ccccc1Nc1cnnc(Nc2ccc(N3CCCCC3)cc2)n1. The Labute approximate surface area is 164 Å². The van der Waals surface area contributed by atoms with E-state index >= 15 is 0 Å². The lowest BCUT2D eigenvalue weighted by molar-refractivity contribution is 0.578. The minimum absolute atomic E-state index is 0.394. The Kier molecular flexibility index (Phi) is 5.29. The Balaban J connectivity index is 1.45. The van der Waals surface area contributed by atoms with E-state index in [-0.39, 0.29) is 0 Å². The van der Waals surface area contributed by atoms with Crippen molar-refractivity contribution >= 4 is 28.8 Å². The van der Waals surface area contributed by atoms with Crippen LogP contribution in [0.15, 0.2) is 54.7 Å². The first kappa shape index (κ1) is 17.7. The van der Waals surface area contributed by atoms with E-state index in [0.717, 1.165) is 18.8 Å². The molecule has 0 radical (unpaired) electrons. The molecule has 2 aromatic carbocycles. The molecule has 1 aliphatic rings. The van der Waals surface area contributed by atoms with Crippen LogP contribution >= 0.6 is 0 Å². The molecule has 0 aliphatic carbocycles. The van der Waals surface area contributed by atoms with Crippen molar-refractivity contribution in [2.24, 2.45) is 0 Å². The van der Waals surface area contributed by atoms with E-state index in [2.05, 4.69) is 48.9 Å².